The molecule has 114 valence electrons. The lowest BCUT2D eigenvalue weighted by Gasteiger charge is -2.42. The zero-order valence-electron chi connectivity index (χ0n) is 12.6. The number of benzene rings is 1. The maximum absolute atomic E-state index is 12.7. The molecule has 4 nitrogen and oxygen atoms in total. The first kappa shape index (κ1) is 15.5. The van der Waals surface area contributed by atoms with Gasteiger partial charge in [0.05, 0.1) is 11.8 Å². The summed E-state index contributed by atoms with van der Waals surface area (Å²) in [6.07, 6.45) is 2.67. The molecule has 0 heterocycles. The fourth-order valence-electron chi connectivity index (χ4n) is 2.88. The van der Waals surface area contributed by atoms with Gasteiger partial charge in [0.25, 0.3) is 0 Å². The van der Waals surface area contributed by atoms with Crippen LogP contribution in [0.25, 0.3) is 0 Å². The molecule has 0 saturated heterocycles. The van der Waals surface area contributed by atoms with Gasteiger partial charge in [-0.05, 0) is 24.3 Å². The highest BCUT2D eigenvalue weighted by atomic mass is 16.4. The van der Waals surface area contributed by atoms with Crippen LogP contribution in [0.5, 0.6) is 0 Å². The molecule has 1 aromatic carbocycles. The second-order valence-electron chi connectivity index (χ2n) is 6.22. The maximum Gasteiger partial charge on any atom is 0.305 e. The van der Waals surface area contributed by atoms with Crippen LogP contribution in [0.15, 0.2) is 30.3 Å². The molecule has 1 atom stereocenters. The van der Waals surface area contributed by atoms with Gasteiger partial charge in [-0.25, -0.2) is 0 Å². The van der Waals surface area contributed by atoms with Gasteiger partial charge in [-0.1, -0.05) is 50.6 Å². The lowest BCUT2D eigenvalue weighted by atomic mass is 9.63. The van der Waals surface area contributed by atoms with Crippen molar-refractivity contribution in [2.45, 2.75) is 51.0 Å². The Hall–Kier alpha value is -1.84. The minimum atomic E-state index is -0.878. The zero-order valence-corrected chi connectivity index (χ0v) is 12.6. The molecule has 0 radical (unpaired) electrons. The molecule has 1 aromatic rings. The van der Waals surface area contributed by atoms with Crippen molar-refractivity contribution in [3.63, 3.8) is 0 Å². The third-order valence-electron chi connectivity index (χ3n) is 4.48. The molecular formula is C17H23NO3. The summed E-state index contributed by atoms with van der Waals surface area (Å²) in [5.74, 6) is -0.811. The molecule has 1 aliphatic rings. The Balaban J connectivity index is 2.15. The van der Waals surface area contributed by atoms with Gasteiger partial charge in [0, 0.05) is 6.04 Å². The highest BCUT2D eigenvalue weighted by Crippen LogP contribution is 2.44. The first-order chi connectivity index (χ1) is 9.95. The first-order valence-corrected chi connectivity index (χ1v) is 7.54. The Bertz CT molecular complexity index is 506. The summed E-state index contributed by atoms with van der Waals surface area (Å²) >= 11 is 0. The number of rotatable bonds is 6. The van der Waals surface area contributed by atoms with E-state index >= 15 is 0 Å². The van der Waals surface area contributed by atoms with Gasteiger partial charge in [0.2, 0.25) is 5.91 Å². The molecule has 0 aliphatic heterocycles. The summed E-state index contributed by atoms with van der Waals surface area (Å²) in [5.41, 5.74) is 0.568. The molecule has 1 unspecified atom stereocenters. The van der Waals surface area contributed by atoms with Crippen molar-refractivity contribution in [3.05, 3.63) is 35.9 Å². The smallest absolute Gasteiger partial charge is 0.305 e. The third kappa shape index (κ3) is 3.26. The van der Waals surface area contributed by atoms with Crippen molar-refractivity contribution < 1.29 is 14.7 Å². The summed E-state index contributed by atoms with van der Waals surface area (Å²) in [6.45, 7) is 3.87. The molecule has 0 bridgehead atoms. The third-order valence-corrected chi connectivity index (χ3v) is 4.48. The van der Waals surface area contributed by atoms with Crippen LogP contribution in [0.4, 0.5) is 0 Å². The number of aliphatic carboxylic acids is 1. The lowest BCUT2D eigenvalue weighted by molar-refractivity contribution is -0.138. The highest BCUT2D eigenvalue weighted by molar-refractivity contribution is 5.89. The fourth-order valence-corrected chi connectivity index (χ4v) is 2.88. The number of hydrogen-bond acceptors (Lipinski definition) is 2. The lowest BCUT2D eigenvalue weighted by Crippen LogP contribution is -2.53. The van der Waals surface area contributed by atoms with Crippen molar-refractivity contribution in [2.24, 2.45) is 5.92 Å². The van der Waals surface area contributed by atoms with Crippen LogP contribution < -0.4 is 5.32 Å². The minimum absolute atomic E-state index is 0.0279. The monoisotopic (exact) mass is 289 g/mol. The molecule has 21 heavy (non-hydrogen) atoms. The summed E-state index contributed by atoms with van der Waals surface area (Å²) in [6, 6.07) is 9.48. The number of hydrogen-bond donors (Lipinski definition) is 2. The Morgan fingerprint density at radius 2 is 1.86 bits per heavy atom. The Kier molecular flexibility index (Phi) is 4.66. The van der Waals surface area contributed by atoms with E-state index in [1.54, 1.807) is 0 Å². The van der Waals surface area contributed by atoms with E-state index < -0.39 is 11.4 Å². The standard InChI is InChI=1S/C17H23NO3/c1-12(2)14(11-15(19)20)18-16(21)17(9-6-10-17)13-7-4-3-5-8-13/h3-5,7-8,12,14H,6,9-11H2,1-2H3,(H,18,21)(H,19,20). The summed E-state index contributed by atoms with van der Waals surface area (Å²) < 4.78 is 0. The summed E-state index contributed by atoms with van der Waals surface area (Å²) in [4.78, 5) is 23.7. The van der Waals surface area contributed by atoms with Crippen molar-refractivity contribution in [1.29, 1.82) is 0 Å². The van der Waals surface area contributed by atoms with E-state index in [0.717, 1.165) is 24.8 Å². The molecule has 2 rings (SSSR count). The quantitative estimate of drug-likeness (QED) is 0.846. The van der Waals surface area contributed by atoms with Crippen molar-refractivity contribution in [1.82, 2.24) is 5.32 Å². The van der Waals surface area contributed by atoms with Crippen LogP contribution in [-0.4, -0.2) is 23.0 Å². The zero-order chi connectivity index (χ0) is 15.5. The van der Waals surface area contributed by atoms with Crippen LogP contribution in [-0.2, 0) is 15.0 Å². The SMILES string of the molecule is CC(C)C(CC(=O)O)NC(=O)C1(c2ccccc2)CCC1. The van der Waals surface area contributed by atoms with Crippen molar-refractivity contribution in [2.75, 3.05) is 0 Å². The topological polar surface area (TPSA) is 66.4 Å². The van der Waals surface area contributed by atoms with Gasteiger partial charge in [0.1, 0.15) is 0 Å². The Morgan fingerprint density at radius 3 is 2.29 bits per heavy atom. The van der Waals surface area contributed by atoms with Crippen LogP contribution in [0.3, 0.4) is 0 Å². The van der Waals surface area contributed by atoms with E-state index in [1.165, 1.54) is 0 Å². The van der Waals surface area contributed by atoms with Crippen molar-refractivity contribution >= 4 is 11.9 Å². The molecule has 1 amide bonds. The molecule has 4 heteroatoms. The van der Waals surface area contributed by atoms with E-state index in [-0.39, 0.29) is 24.3 Å². The Morgan fingerprint density at radius 1 is 1.24 bits per heavy atom. The number of carbonyl (C=O) groups is 2. The number of amides is 1. The van der Waals surface area contributed by atoms with Gasteiger partial charge in [-0.3, -0.25) is 9.59 Å². The van der Waals surface area contributed by atoms with Crippen LogP contribution in [0.2, 0.25) is 0 Å². The van der Waals surface area contributed by atoms with E-state index in [2.05, 4.69) is 5.32 Å². The molecule has 1 aliphatic carbocycles. The number of carboxylic acid groups (broad SMARTS) is 1. The molecule has 1 saturated carbocycles. The average Bonchev–Trinajstić information content (AvgIpc) is 2.37. The van der Waals surface area contributed by atoms with Gasteiger partial charge in [0.15, 0.2) is 0 Å². The summed E-state index contributed by atoms with van der Waals surface area (Å²) in [7, 11) is 0. The second kappa shape index (κ2) is 6.29. The average molecular weight is 289 g/mol. The van der Waals surface area contributed by atoms with E-state index in [4.69, 9.17) is 5.11 Å². The second-order valence-corrected chi connectivity index (χ2v) is 6.22. The van der Waals surface area contributed by atoms with Crippen LogP contribution in [0.1, 0.15) is 45.1 Å². The maximum atomic E-state index is 12.7. The van der Waals surface area contributed by atoms with Gasteiger partial charge in [-0.15, -0.1) is 0 Å². The predicted molar refractivity (Wildman–Crippen MR) is 81.0 cm³/mol. The largest absolute Gasteiger partial charge is 0.481 e. The molecule has 0 spiro atoms. The Labute approximate surface area is 125 Å². The van der Waals surface area contributed by atoms with Gasteiger partial charge >= 0.3 is 5.97 Å². The summed E-state index contributed by atoms with van der Waals surface area (Å²) in [5, 5.41) is 12.0. The van der Waals surface area contributed by atoms with Crippen molar-refractivity contribution in [3.8, 4) is 0 Å². The molecule has 0 aromatic heterocycles. The van der Waals surface area contributed by atoms with E-state index in [9.17, 15) is 9.59 Å². The molecule has 1 fully saturated rings. The van der Waals surface area contributed by atoms with E-state index in [0.29, 0.717) is 0 Å². The van der Waals surface area contributed by atoms with Crippen LogP contribution >= 0.6 is 0 Å². The number of carbonyl (C=O) groups excluding carboxylic acids is 1. The first-order valence-electron chi connectivity index (χ1n) is 7.54. The van der Waals surface area contributed by atoms with E-state index in [1.807, 2.05) is 44.2 Å². The van der Waals surface area contributed by atoms with Crippen LogP contribution in [0, 0.1) is 5.92 Å². The molecule has 2 N–H and O–H groups in total. The fraction of sp³-hybridized carbons (Fsp3) is 0.529. The number of carboxylic acids is 1. The normalized spacial score (nSPS) is 17.9. The number of nitrogens with one attached hydrogen (secondary N) is 1. The highest BCUT2D eigenvalue weighted by Gasteiger charge is 2.46. The predicted octanol–water partition coefficient (Wildman–Crippen LogP) is 2.72. The van der Waals surface area contributed by atoms with Gasteiger partial charge < -0.3 is 10.4 Å². The van der Waals surface area contributed by atoms with Gasteiger partial charge in [-0.2, -0.15) is 0 Å². The molecular weight excluding hydrogens is 266 g/mol. The minimum Gasteiger partial charge on any atom is -0.481 e.